The van der Waals surface area contributed by atoms with Crippen molar-refractivity contribution in [2.24, 2.45) is 17.4 Å². The molecule has 5 heterocycles. The van der Waals surface area contributed by atoms with Gasteiger partial charge in [0.15, 0.2) is 0 Å². The second-order valence-corrected chi connectivity index (χ2v) is 18.1. The van der Waals surface area contributed by atoms with Crippen LogP contribution in [0.2, 0.25) is 0 Å². The van der Waals surface area contributed by atoms with Crippen molar-refractivity contribution in [3.05, 3.63) is 99.7 Å². The van der Waals surface area contributed by atoms with E-state index in [2.05, 4.69) is 27.2 Å². The van der Waals surface area contributed by atoms with E-state index in [1.807, 2.05) is 52.0 Å². The minimum Gasteiger partial charge on any atom is -0.480 e. The molecule has 3 aromatic rings. The molecule has 0 saturated carbocycles. The Labute approximate surface area is 406 Å². The molecule has 18 heteroatoms. The van der Waals surface area contributed by atoms with Gasteiger partial charge < -0.3 is 51.8 Å². The van der Waals surface area contributed by atoms with E-state index in [1.165, 1.54) is 14.2 Å². The molecule has 3 aromatic heterocycles. The standard InChI is InChI=1S/C52H64N8O10/c1-8-30-27(2)38-24-43-34-18-15-33(50(67)69-6)47(51(68)70-7)52(34,5)44(60-43)26-39-29(4)32(17-20-46(62)56-22-12-10-14-36(54)49(65)66)42(59-39)25-41-31(28(3)37(58-41)23-40(30)57-38)16-19-45(61)55-21-11-9-13-35(53)48(63)64/h8,15,18,23-26,35-36,47,58-59H,1,9-14,16-17,19-22,53-54H2,2-7H3,(H,55,61)(H,56,62)(H,63,64)(H,65,66)/t35-,36-,47-,52+/m0/s1. The summed E-state index contributed by atoms with van der Waals surface area (Å²) in [6.07, 6.45) is 8.88. The number of aryl methyl sites for hydroxylation is 4. The molecule has 1 aliphatic carbocycles. The first-order chi connectivity index (χ1) is 33.3. The van der Waals surface area contributed by atoms with Crippen molar-refractivity contribution in [1.29, 1.82) is 0 Å². The smallest absolute Gasteiger partial charge is 0.334 e. The number of hydrogen-bond acceptors (Lipinski definition) is 12. The number of fused-ring (bicyclic) bond motifs is 11. The summed E-state index contributed by atoms with van der Waals surface area (Å²) in [7, 11) is 2.52. The van der Waals surface area contributed by atoms with E-state index in [-0.39, 0.29) is 30.2 Å². The van der Waals surface area contributed by atoms with E-state index >= 15 is 0 Å². The van der Waals surface area contributed by atoms with Gasteiger partial charge in [-0.15, -0.1) is 0 Å². The lowest BCUT2D eigenvalue weighted by atomic mass is 9.64. The van der Waals surface area contributed by atoms with Gasteiger partial charge in [0.05, 0.1) is 48.0 Å². The topological polar surface area (TPSA) is 295 Å². The average molecular weight is 961 g/mol. The highest BCUT2D eigenvalue weighted by molar-refractivity contribution is 6.02. The number of carbonyl (C=O) groups excluding carboxylic acids is 4. The fraction of sp³-hybridized carbons (Fsp3) is 0.423. The van der Waals surface area contributed by atoms with Crippen LogP contribution in [0.1, 0.15) is 110 Å². The summed E-state index contributed by atoms with van der Waals surface area (Å²) in [5.41, 5.74) is 20.9. The second kappa shape index (κ2) is 22.5. The fourth-order valence-electron chi connectivity index (χ4n) is 9.46. The Bertz CT molecular complexity index is 2870. The molecule has 0 fully saturated rings. The molecule has 372 valence electrons. The normalized spacial score (nSPS) is 17.1. The van der Waals surface area contributed by atoms with Crippen molar-refractivity contribution in [2.45, 2.75) is 109 Å². The highest BCUT2D eigenvalue weighted by Gasteiger charge is 2.53. The number of nitrogens with zero attached hydrogens (tertiary/aromatic N) is 2. The number of unbranched alkanes of at least 4 members (excludes halogenated alkanes) is 2. The number of carbonyl (C=O) groups is 6. The van der Waals surface area contributed by atoms with Gasteiger partial charge in [-0.2, -0.15) is 0 Å². The number of allylic oxidation sites excluding steroid dienone is 6. The largest absolute Gasteiger partial charge is 0.480 e. The lowest BCUT2D eigenvalue weighted by Crippen LogP contribution is -2.42. The molecule has 8 bridgehead atoms. The van der Waals surface area contributed by atoms with Crippen molar-refractivity contribution < 1.29 is 48.5 Å². The van der Waals surface area contributed by atoms with Crippen molar-refractivity contribution in [3.63, 3.8) is 0 Å². The summed E-state index contributed by atoms with van der Waals surface area (Å²) < 4.78 is 10.5. The van der Waals surface area contributed by atoms with Gasteiger partial charge in [0.1, 0.15) is 18.0 Å². The monoisotopic (exact) mass is 960 g/mol. The molecule has 0 spiro atoms. The number of aromatic amines is 2. The van der Waals surface area contributed by atoms with Crippen LogP contribution in [0.4, 0.5) is 0 Å². The number of aliphatic carboxylic acids is 2. The third kappa shape index (κ3) is 11.1. The Balaban J connectivity index is 1.51. The van der Waals surface area contributed by atoms with E-state index in [0.29, 0.717) is 104 Å². The number of carboxylic acids is 2. The molecule has 70 heavy (non-hydrogen) atoms. The van der Waals surface area contributed by atoms with E-state index in [4.69, 9.17) is 41.1 Å². The summed E-state index contributed by atoms with van der Waals surface area (Å²) >= 11 is 0. The number of amides is 2. The van der Waals surface area contributed by atoms with Crippen molar-refractivity contribution >= 4 is 74.5 Å². The van der Waals surface area contributed by atoms with Crippen LogP contribution in [-0.4, -0.2) is 105 Å². The van der Waals surface area contributed by atoms with Gasteiger partial charge in [0, 0.05) is 53.6 Å². The number of H-pyrrole nitrogens is 2. The highest BCUT2D eigenvalue weighted by Crippen LogP contribution is 2.52. The summed E-state index contributed by atoms with van der Waals surface area (Å²) in [6.45, 7) is 12.6. The SMILES string of the molecule is C=CC1=C(C)c2cc3nc(cc4[nH]c(cc5[nH]c(cc1n2)c(C)c5CCC(=O)NCCCC[C@H](N)C(=O)O)c(CCC(=O)NCCCC[C@H](N)C(=O)O)c4C)[C@@]1(C)C3=CC=C(C(=O)OC)[C@H]1C(=O)OC. The first-order valence-corrected chi connectivity index (χ1v) is 23.5. The van der Waals surface area contributed by atoms with Gasteiger partial charge >= 0.3 is 23.9 Å². The van der Waals surface area contributed by atoms with Crippen molar-refractivity contribution in [1.82, 2.24) is 30.6 Å². The zero-order valence-corrected chi connectivity index (χ0v) is 40.7. The summed E-state index contributed by atoms with van der Waals surface area (Å²) in [4.78, 5) is 93.6. The zero-order valence-electron chi connectivity index (χ0n) is 40.7. The van der Waals surface area contributed by atoms with Gasteiger partial charge in [-0.05, 0) is 137 Å². The second-order valence-electron chi connectivity index (χ2n) is 18.1. The highest BCUT2D eigenvalue weighted by atomic mass is 16.5. The average Bonchev–Trinajstić information content (AvgIpc) is 3.99. The van der Waals surface area contributed by atoms with Crippen LogP contribution in [0.3, 0.4) is 0 Å². The molecule has 10 N–H and O–H groups in total. The molecule has 2 amide bonds. The number of ether oxygens (including phenoxy) is 2. The Kier molecular flexibility index (Phi) is 16.8. The minimum absolute atomic E-state index is 0.107. The van der Waals surface area contributed by atoms with Gasteiger partial charge in [0.25, 0.3) is 0 Å². The number of hydrogen-bond donors (Lipinski definition) is 8. The third-order valence-electron chi connectivity index (χ3n) is 13.7. The van der Waals surface area contributed by atoms with Crippen LogP contribution in [0.15, 0.2) is 54.6 Å². The number of nitrogens with one attached hydrogen (secondary N) is 4. The van der Waals surface area contributed by atoms with Crippen LogP contribution in [-0.2, 0) is 56.5 Å². The Morgan fingerprint density at radius 3 is 1.79 bits per heavy atom. The molecule has 4 atom stereocenters. The zero-order chi connectivity index (χ0) is 51.0. The maximum Gasteiger partial charge on any atom is 0.334 e. The maximum atomic E-state index is 13.9. The molecule has 18 nitrogen and oxygen atoms in total. The lowest BCUT2D eigenvalue weighted by Gasteiger charge is -2.36. The predicted octanol–water partition coefficient (Wildman–Crippen LogP) is 5.55. The summed E-state index contributed by atoms with van der Waals surface area (Å²) in [5.74, 6) is -4.97. The quantitative estimate of drug-likeness (QED) is 0.0480. The Hall–Kier alpha value is -7.18. The van der Waals surface area contributed by atoms with Crippen LogP contribution >= 0.6 is 0 Å². The minimum atomic E-state index is -1.23. The van der Waals surface area contributed by atoms with E-state index in [0.717, 1.165) is 44.4 Å². The van der Waals surface area contributed by atoms with Crippen LogP contribution in [0.25, 0.3) is 38.8 Å². The van der Waals surface area contributed by atoms with Gasteiger partial charge in [-0.1, -0.05) is 24.8 Å². The first-order valence-electron chi connectivity index (χ1n) is 23.5. The van der Waals surface area contributed by atoms with Crippen LogP contribution in [0.5, 0.6) is 0 Å². The van der Waals surface area contributed by atoms with Crippen LogP contribution in [0, 0.1) is 19.8 Å². The Morgan fingerprint density at radius 1 is 0.743 bits per heavy atom. The van der Waals surface area contributed by atoms with Gasteiger partial charge in [-0.25, -0.2) is 9.78 Å². The number of esters is 2. The van der Waals surface area contributed by atoms with Crippen molar-refractivity contribution in [2.75, 3.05) is 27.3 Å². The molecule has 0 unspecified atom stereocenters. The number of aromatic nitrogens is 4. The maximum absolute atomic E-state index is 13.9. The van der Waals surface area contributed by atoms with Crippen molar-refractivity contribution in [3.8, 4) is 0 Å². The fourth-order valence-corrected chi connectivity index (χ4v) is 9.46. The molecule has 0 radical (unpaired) electrons. The van der Waals surface area contributed by atoms with E-state index in [9.17, 15) is 28.8 Å². The Morgan fingerprint density at radius 2 is 1.29 bits per heavy atom. The van der Waals surface area contributed by atoms with E-state index < -0.39 is 47.3 Å². The molecule has 0 aromatic carbocycles. The van der Waals surface area contributed by atoms with E-state index in [1.54, 1.807) is 18.2 Å². The number of methoxy groups -OCH3 is 2. The molecule has 2 aliphatic heterocycles. The van der Waals surface area contributed by atoms with Gasteiger partial charge in [0.2, 0.25) is 11.8 Å². The third-order valence-corrected chi connectivity index (χ3v) is 13.7. The number of rotatable bonds is 21. The first kappa shape index (κ1) is 52.2. The molecular weight excluding hydrogens is 897 g/mol. The summed E-state index contributed by atoms with van der Waals surface area (Å²) in [5, 5.41) is 24.1. The predicted molar refractivity (Wildman–Crippen MR) is 266 cm³/mol. The van der Waals surface area contributed by atoms with Gasteiger partial charge in [-0.3, -0.25) is 29.0 Å². The number of nitrogens with two attached hydrogens (primary N) is 2. The summed E-state index contributed by atoms with van der Waals surface area (Å²) in [6, 6.07) is 5.73. The number of carboxylic acid groups (broad SMARTS) is 2. The lowest BCUT2D eigenvalue weighted by molar-refractivity contribution is -0.149. The molecule has 3 aliphatic rings. The molecule has 6 rings (SSSR count). The molecular formula is C52H64N8O10. The molecule has 0 saturated heterocycles. The van der Waals surface area contributed by atoms with Crippen LogP contribution < -0.4 is 22.1 Å².